The summed E-state index contributed by atoms with van der Waals surface area (Å²) in [5.74, 6) is -0.179. The van der Waals surface area contributed by atoms with Crippen LogP contribution >= 0.6 is 0 Å². The number of aromatic nitrogens is 2. The predicted molar refractivity (Wildman–Crippen MR) is 101 cm³/mol. The summed E-state index contributed by atoms with van der Waals surface area (Å²) in [7, 11) is 1.55. The van der Waals surface area contributed by atoms with E-state index in [-0.39, 0.29) is 30.2 Å². The Hall–Kier alpha value is -3.10. The standard InChI is InChI=1S/C20H22F2N4O3/c1-11-6-13(8-25-19(11)29-10-17(21)22)12(2)26-9-15-14(20(26)28)4-5-24-16(15)7-18(27)23-3/h4-6,8,12,17H,7,9-10H2,1-3H3,(H,23,27). The first-order valence-electron chi connectivity index (χ1n) is 9.17. The number of hydrogen-bond acceptors (Lipinski definition) is 5. The van der Waals surface area contributed by atoms with Crippen LogP contribution < -0.4 is 10.1 Å². The van der Waals surface area contributed by atoms with Crippen LogP contribution in [0.3, 0.4) is 0 Å². The zero-order valence-corrected chi connectivity index (χ0v) is 16.4. The summed E-state index contributed by atoms with van der Waals surface area (Å²) in [6, 6.07) is 3.12. The molecule has 1 atom stereocenters. The first-order valence-corrected chi connectivity index (χ1v) is 9.17. The summed E-state index contributed by atoms with van der Waals surface area (Å²) < 4.78 is 29.7. The molecule has 1 N–H and O–H groups in total. The molecule has 29 heavy (non-hydrogen) atoms. The molecule has 0 spiro atoms. The summed E-state index contributed by atoms with van der Waals surface area (Å²) in [6.45, 7) is 3.20. The van der Waals surface area contributed by atoms with Gasteiger partial charge in [-0.25, -0.2) is 13.8 Å². The molecule has 3 rings (SSSR count). The fourth-order valence-electron chi connectivity index (χ4n) is 3.30. The third-order valence-electron chi connectivity index (χ3n) is 4.92. The molecule has 3 heterocycles. The lowest BCUT2D eigenvalue weighted by Crippen LogP contribution is -2.27. The van der Waals surface area contributed by atoms with Gasteiger partial charge in [0.1, 0.15) is 0 Å². The maximum Gasteiger partial charge on any atom is 0.272 e. The van der Waals surface area contributed by atoms with E-state index < -0.39 is 13.0 Å². The van der Waals surface area contributed by atoms with Gasteiger partial charge in [-0.3, -0.25) is 14.6 Å². The van der Waals surface area contributed by atoms with Crippen LogP contribution in [0.15, 0.2) is 24.5 Å². The highest BCUT2D eigenvalue weighted by atomic mass is 19.3. The molecule has 0 aliphatic carbocycles. The van der Waals surface area contributed by atoms with Crippen molar-refractivity contribution in [3.8, 4) is 5.88 Å². The van der Waals surface area contributed by atoms with Crippen LogP contribution in [0.2, 0.25) is 0 Å². The molecule has 0 aromatic carbocycles. The van der Waals surface area contributed by atoms with Crippen molar-refractivity contribution in [1.29, 1.82) is 0 Å². The second kappa shape index (κ2) is 8.50. The number of nitrogens with zero attached hydrogens (tertiary/aromatic N) is 3. The van der Waals surface area contributed by atoms with Crippen LogP contribution in [0, 0.1) is 6.92 Å². The van der Waals surface area contributed by atoms with Gasteiger partial charge in [0.2, 0.25) is 11.8 Å². The molecule has 0 radical (unpaired) electrons. The molecule has 0 fully saturated rings. The Morgan fingerprint density at radius 1 is 1.38 bits per heavy atom. The largest absolute Gasteiger partial charge is 0.471 e. The van der Waals surface area contributed by atoms with E-state index in [1.807, 2.05) is 6.92 Å². The molecule has 7 nitrogen and oxygen atoms in total. The van der Waals surface area contributed by atoms with Crippen LogP contribution in [0.1, 0.15) is 45.7 Å². The van der Waals surface area contributed by atoms with E-state index in [9.17, 15) is 18.4 Å². The van der Waals surface area contributed by atoms with Gasteiger partial charge in [-0.2, -0.15) is 0 Å². The third kappa shape index (κ3) is 4.33. The van der Waals surface area contributed by atoms with Gasteiger partial charge in [0.15, 0.2) is 6.61 Å². The van der Waals surface area contributed by atoms with Gasteiger partial charge in [0, 0.05) is 42.7 Å². The number of rotatable bonds is 7. The monoisotopic (exact) mass is 404 g/mol. The van der Waals surface area contributed by atoms with Gasteiger partial charge in [0.25, 0.3) is 12.3 Å². The third-order valence-corrected chi connectivity index (χ3v) is 4.92. The number of alkyl halides is 2. The number of pyridine rings is 2. The lowest BCUT2D eigenvalue weighted by atomic mass is 10.1. The lowest BCUT2D eigenvalue weighted by Gasteiger charge is -2.25. The van der Waals surface area contributed by atoms with E-state index in [0.29, 0.717) is 23.4 Å². The topological polar surface area (TPSA) is 84.4 Å². The molecule has 1 unspecified atom stereocenters. The Morgan fingerprint density at radius 2 is 2.14 bits per heavy atom. The number of fused-ring (bicyclic) bond motifs is 1. The van der Waals surface area contributed by atoms with Crippen LogP contribution in [-0.2, 0) is 17.8 Å². The van der Waals surface area contributed by atoms with Crippen molar-refractivity contribution in [3.63, 3.8) is 0 Å². The number of halogens is 2. The van der Waals surface area contributed by atoms with Crippen LogP contribution in [0.25, 0.3) is 0 Å². The molecular formula is C20H22F2N4O3. The summed E-state index contributed by atoms with van der Waals surface area (Å²) in [4.78, 5) is 34.7. The van der Waals surface area contributed by atoms with Crippen LogP contribution in [0.4, 0.5) is 8.78 Å². The van der Waals surface area contributed by atoms with Crippen molar-refractivity contribution in [1.82, 2.24) is 20.2 Å². The number of aryl methyl sites for hydroxylation is 1. The zero-order valence-electron chi connectivity index (χ0n) is 16.4. The van der Waals surface area contributed by atoms with Gasteiger partial charge in [-0.05, 0) is 31.5 Å². The second-order valence-electron chi connectivity index (χ2n) is 6.84. The minimum absolute atomic E-state index is 0.103. The molecule has 2 amide bonds. The average molecular weight is 404 g/mol. The number of likely N-dealkylation sites (N-methyl/N-ethyl adjacent to an activating group) is 1. The Kier molecular flexibility index (Phi) is 6.05. The zero-order chi connectivity index (χ0) is 21.1. The lowest BCUT2D eigenvalue weighted by molar-refractivity contribution is -0.120. The summed E-state index contributed by atoms with van der Waals surface area (Å²) >= 11 is 0. The van der Waals surface area contributed by atoms with E-state index >= 15 is 0 Å². The fourth-order valence-corrected chi connectivity index (χ4v) is 3.30. The maximum absolute atomic E-state index is 12.9. The maximum atomic E-state index is 12.9. The molecule has 0 saturated heterocycles. The number of nitrogens with one attached hydrogen (secondary N) is 1. The normalized spacial score (nSPS) is 14.1. The minimum Gasteiger partial charge on any atom is -0.471 e. The smallest absolute Gasteiger partial charge is 0.272 e. The first kappa shape index (κ1) is 20.6. The van der Waals surface area contributed by atoms with Crippen LogP contribution in [-0.4, -0.2) is 46.8 Å². The van der Waals surface area contributed by atoms with Gasteiger partial charge in [-0.1, -0.05) is 0 Å². The molecular weight excluding hydrogens is 382 g/mol. The molecule has 2 aromatic heterocycles. The molecule has 1 aliphatic rings. The van der Waals surface area contributed by atoms with Gasteiger partial charge in [-0.15, -0.1) is 0 Å². The highest BCUT2D eigenvalue weighted by molar-refractivity contribution is 5.99. The molecule has 2 aromatic rings. The summed E-state index contributed by atoms with van der Waals surface area (Å²) in [5.41, 5.74) is 3.23. The highest BCUT2D eigenvalue weighted by Crippen LogP contribution is 2.33. The second-order valence-corrected chi connectivity index (χ2v) is 6.84. The van der Waals surface area contributed by atoms with Crippen molar-refractivity contribution in [2.24, 2.45) is 0 Å². The van der Waals surface area contributed by atoms with E-state index in [0.717, 1.165) is 11.1 Å². The van der Waals surface area contributed by atoms with Crippen molar-refractivity contribution < 1.29 is 23.1 Å². The van der Waals surface area contributed by atoms with E-state index in [4.69, 9.17) is 4.74 Å². The molecule has 9 heteroatoms. The quantitative estimate of drug-likeness (QED) is 0.766. The Labute approximate surface area is 167 Å². The van der Waals surface area contributed by atoms with Gasteiger partial charge >= 0.3 is 0 Å². The Balaban J connectivity index is 1.81. The number of ether oxygens (including phenoxy) is 1. The highest BCUT2D eigenvalue weighted by Gasteiger charge is 2.34. The SMILES string of the molecule is CNC(=O)Cc1nccc2c1CN(C(C)c1cnc(OCC(F)F)c(C)c1)C2=O. The van der Waals surface area contributed by atoms with Gasteiger partial charge < -0.3 is 15.0 Å². The first-order chi connectivity index (χ1) is 13.8. The fraction of sp³-hybridized carbons (Fsp3) is 0.400. The average Bonchev–Trinajstić information content (AvgIpc) is 3.04. The van der Waals surface area contributed by atoms with Crippen molar-refractivity contribution >= 4 is 11.8 Å². The van der Waals surface area contributed by atoms with Crippen molar-refractivity contribution in [2.45, 2.75) is 39.3 Å². The van der Waals surface area contributed by atoms with E-state index in [1.54, 1.807) is 31.0 Å². The van der Waals surface area contributed by atoms with E-state index in [1.165, 1.54) is 12.4 Å². The molecule has 1 aliphatic heterocycles. The minimum atomic E-state index is -2.58. The number of hydrogen-bond donors (Lipinski definition) is 1. The van der Waals surface area contributed by atoms with Crippen molar-refractivity contribution in [3.05, 3.63) is 52.5 Å². The number of carbonyl (C=O) groups excluding carboxylic acids is 2. The van der Waals surface area contributed by atoms with E-state index in [2.05, 4.69) is 15.3 Å². The summed E-state index contributed by atoms with van der Waals surface area (Å²) in [5, 5.41) is 2.56. The number of amides is 2. The van der Waals surface area contributed by atoms with Crippen molar-refractivity contribution in [2.75, 3.05) is 13.7 Å². The predicted octanol–water partition coefficient (Wildman–Crippen LogP) is 2.43. The Morgan fingerprint density at radius 3 is 2.79 bits per heavy atom. The molecule has 154 valence electrons. The Bertz CT molecular complexity index is 936. The van der Waals surface area contributed by atoms with Gasteiger partial charge in [0.05, 0.1) is 18.2 Å². The van der Waals surface area contributed by atoms with Crippen LogP contribution in [0.5, 0.6) is 5.88 Å². The molecule has 0 saturated carbocycles. The molecule has 0 bridgehead atoms. The summed E-state index contributed by atoms with van der Waals surface area (Å²) in [6.07, 6.45) is 0.585. The number of carbonyl (C=O) groups is 2.